The van der Waals surface area contributed by atoms with Crippen molar-refractivity contribution in [1.29, 1.82) is 0 Å². The van der Waals surface area contributed by atoms with Crippen LogP contribution >= 0.6 is 0 Å². The smallest absolute Gasteiger partial charge is 0.181 e. The molecule has 0 radical (unpaired) electrons. The van der Waals surface area contributed by atoms with Gasteiger partial charge < -0.3 is 5.73 Å². The van der Waals surface area contributed by atoms with Crippen LogP contribution in [0.4, 0.5) is 5.69 Å². The molecule has 3 N–H and O–H groups in total. The summed E-state index contributed by atoms with van der Waals surface area (Å²) >= 11 is 0. The first-order valence-electron chi connectivity index (χ1n) is 7.40. The lowest BCUT2D eigenvalue weighted by molar-refractivity contribution is 0.602. The predicted molar refractivity (Wildman–Crippen MR) is 93.3 cm³/mol. The van der Waals surface area contributed by atoms with E-state index in [0.717, 1.165) is 16.7 Å². The molecule has 7 heteroatoms. The normalized spacial score (nSPS) is 11.6. The molecule has 0 amide bonds. The highest BCUT2D eigenvalue weighted by atomic mass is 32.2. The molecule has 0 atom stereocenters. The van der Waals surface area contributed by atoms with Crippen LogP contribution in [0.3, 0.4) is 0 Å². The highest BCUT2D eigenvalue weighted by Crippen LogP contribution is 2.21. The molecule has 0 bridgehead atoms. The third-order valence-corrected chi connectivity index (χ3v) is 4.92. The van der Waals surface area contributed by atoms with Crippen molar-refractivity contribution in [3.05, 3.63) is 59.4 Å². The van der Waals surface area contributed by atoms with E-state index in [1.165, 1.54) is 6.26 Å². The highest BCUT2D eigenvalue weighted by Gasteiger charge is 2.09. The van der Waals surface area contributed by atoms with E-state index in [9.17, 15) is 8.42 Å². The lowest BCUT2D eigenvalue weighted by Crippen LogP contribution is -1.97. The zero-order valence-corrected chi connectivity index (χ0v) is 14.3. The van der Waals surface area contributed by atoms with Gasteiger partial charge in [0.1, 0.15) is 5.82 Å². The number of rotatable bonds is 4. The van der Waals surface area contributed by atoms with E-state index in [0.29, 0.717) is 28.7 Å². The van der Waals surface area contributed by atoms with E-state index < -0.39 is 9.84 Å². The minimum atomic E-state index is -3.18. The number of H-pyrrole nitrogens is 1. The fourth-order valence-corrected chi connectivity index (χ4v) is 2.96. The largest absolute Gasteiger partial charge is 0.398 e. The molecule has 1 aromatic heterocycles. The van der Waals surface area contributed by atoms with Gasteiger partial charge in [-0.25, -0.2) is 13.4 Å². The molecule has 2 aromatic carbocycles. The summed E-state index contributed by atoms with van der Waals surface area (Å²) < 4.78 is 23.0. The second-order valence-electron chi connectivity index (χ2n) is 5.77. The molecule has 0 aliphatic rings. The minimum Gasteiger partial charge on any atom is -0.398 e. The number of hydrogen-bond acceptors (Lipinski definition) is 5. The highest BCUT2D eigenvalue weighted by molar-refractivity contribution is 7.90. The van der Waals surface area contributed by atoms with Crippen LogP contribution < -0.4 is 5.73 Å². The minimum absolute atomic E-state index is 0.305. The van der Waals surface area contributed by atoms with Gasteiger partial charge in [-0.1, -0.05) is 24.3 Å². The van der Waals surface area contributed by atoms with Gasteiger partial charge >= 0.3 is 0 Å². The summed E-state index contributed by atoms with van der Waals surface area (Å²) in [5.41, 5.74) is 9.45. The second-order valence-corrected chi connectivity index (χ2v) is 7.79. The van der Waals surface area contributed by atoms with Crippen molar-refractivity contribution < 1.29 is 8.42 Å². The van der Waals surface area contributed by atoms with Crippen LogP contribution in [-0.4, -0.2) is 29.9 Å². The van der Waals surface area contributed by atoms with Gasteiger partial charge in [-0.2, -0.15) is 5.10 Å². The number of sulfone groups is 1. The van der Waals surface area contributed by atoms with Gasteiger partial charge in [-0.15, -0.1) is 0 Å². The molecular weight excluding hydrogens is 324 g/mol. The van der Waals surface area contributed by atoms with E-state index in [1.54, 1.807) is 24.3 Å². The Kier molecular flexibility index (Phi) is 4.11. The average molecular weight is 342 g/mol. The van der Waals surface area contributed by atoms with Crippen LogP contribution in [0.5, 0.6) is 0 Å². The van der Waals surface area contributed by atoms with E-state index in [2.05, 4.69) is 15.2 Å². The molecule has 3 rings (SSSR count). The Morgan fingerprint density at radius 1 is 1.12 bits per heavy atom. The Morgan fingerprint density at radius 3 is 2.46 bits per heavy atom. The number of nitrogen functional groups attached to an aromatic ring is 1. The maximum absolute atomic E-state index is 11.5. The van der Waals surface area contributed by atoms with Crippen molar-refractivity contribution in [1.82, 2.24) is 15.2 Å². The van der Waals surface area contributed by atoms with Gasteiger partial charge in [0.2, 0.25) is 0 Å². The van der Waals surface area contributed by atoms with Gasteiger partial charge in [0.05, 0.1) is 4.90 Å². The third kappa shape index (κ3) is 3.46. The molecule has 0 unspecified atom stereocenters. The van der Waals surface area contributed by atoms with Crippen molar-refractivity contribution in [2.45, 2.75) is 18.2 Å². The summed E-state index contributed by atoms with van der Waals surface area (Å²) in [4.78, 5) is 4.78. The standard InChI is InChI=1S/C17H18N4O2S/c1-11-3-6-13(10-15(11)18)17-19-16(20-21-17)9-12-4-7-14(8-5-12)24(2,22)23/h3-8,10H,9,18H2,1-2H3,(H,19,20,21). The molecule has 0 aliphatic heterocycles. The Labute approximate surface area is 140 Å². The first-order chi connectivity index (χ1) is 11.3. The zero-order valence-electron chi connectivity index (χ0n) is 13.4. The summed E-state index contributed by atoms with van der Waals surface area (Å²) in [7, 11) is -3.18. The van der Waals surface area contributed by atoms with Crippen LogP contribution in [0.25, 0.3) is 11.4 Å². The van der Waals surface area contributed by atoms with Crippen molar-refractivity contribution >= 4 is 15.5 Å². The van der Waals surface area contributed by atoms with E-state index in [1.807, 2.05) is 25.1 Å². The van der Waals surface area contributed by atoms with Gasteiger partial charge in [0, 0.05) is 23.9 Å². The van der Waals surface area contributed by atoms with E-state index in [4.69, 9.17) is 5.73 Å². The lowest BCUT2D eigenvalue weighted by atomic mass is 10.1. The molecule has 24 heavy (non-hydrogen) atoms. The topological polar surface area (TPSA) is 102 Å². The Bertz CT molecular complexity index is 976. The van der Waals surface area contributed by atoms with Crippen LogP contribution in [0.15, 0.2) is 47.4 Å². The van der Waals surface area contributed by atoms with Gasteiger partial charge in [0.15, 0.2) is 15.7 Å². The zero-order chi connectivity index (χ0) is 17.3. The average Bonchev–Trinajstić information content (AvgIpc) is 2.98. The molecular formula is C17H18N4O2S. The summed E-state index contributed by atoms with van der Waals surface area (Å²) in [6.07, 6.45) is 1.73. The van der Waals surface area contributed by atoms with Crippen molar-refractivity contribution in [3.63, 3.8) is 0 Å². The number of aromatic nitrogens is 3. The summed E-state index contributed by atoms with van der Waals surface area (Å²) in [5, 5.41) is 7.13. The Hall–Kier alpha value is -2.67. The predicted octanol–water partition coefficient (Wildman–Crippen LogP) is 2.36. The number of nitrogens with two attached hydrogens (primary N) is 1. The Morgan fingerprint density at radius 2 is 1.83 bits per heavy atom. The summed E-state index contributed by atoms with van der Waals surface area (Å²) in [6, 6.07) is 12.5. The molecule has 0 saturated heterocycles. The number of aryl methyl sites for hydroxylation is 1. The first kappa shape index (κ1) is 16.2. The number of anilines is 1. The fourth-order valence-electron chi connectivity index (χ4n) is 2.33. The number of nitrogens with one attached hydrogen (secondary N) is 1. The number of benzene rings is 2. The second kappa shape index (κ2) is 6.09. The van der Waals surface area contributed by atoms with Gasteiger partial charge in [-0.05, 0) is 36.2 Å². The van der Waals surface area contributed by atoms with Crippen LogP contribution in [0.2, 0.25) is 0 Å². The monoisotopic (exact) mass is 342 g/mol. The van der Waals surface area contributed by atoms with E-state index >= 15 is 0 Å². The molecule has 0 saturated carbocycles. The molecule has 1 heterocycles. The number of hydrogen-bond donors (Lipinski definition) is 2. The van der Waals surface area contributed by atoms with Crippen molar-refractivity contribution in [2.24, 2.45) is 0 Å². The van der Waals surface area contributed by atoms with Crippen LogP contribution in [0.1, 0.15) is 17.0 Å². The molecule has 6 nitrogen and oxygen atoms in total. The molecule has 0 fully saturated rings. The van der Waals surface area contributed by atoms with Crippen LogP contribution in [-0.2, 0) is 16.3 Å². The first-order valence-corrected chi connectivity index (χ1v) is 9.29. The lowest BCUT2D eigenvalue weighted by Gasteiger charge is -2.02. The van der Waals surface area contributed by atoms with Crippen molar-refractivity contribution in [2.75, 3.05) is 12.0 Å². The summed E-state index contributed by atoms with van der Waals surface area (Å²) in [5.74, 6) is 1.29. The SMILES string of the molecule is Cc1ccc(-c2n[nH]c(Cc3ccc(S(C)(=O)=O)cc3)n2)cc1N. The van der Waals surface area contributed by atoms with Gasteiger partial charge in [0.25, 0.3) is 0 Å². The quantitative estimate of drug-likeness (QED) is 0.709. The van der Waals surface area contributed by atoms with E-state index in [-0.39, 0.29) is 0 Å². The molecule has 0 aliphatic carbocycles. The van der Waals surface area contributed by atoms with Crippen LogP contribution in [0, 0.1) is 6.92 Å². The third-order valence-electron chi connectivity index (χ3n) is 3.79. The molecule has 0 spiro atoms. The number of aromatic amines is 1. The summed E-state index contributed by atoms with van der Waals surface area (Å²) in [6.45, 7) is 1.95. The maximum atomic E-state index is 11.5. The van der Waals surface area contributed by atoms with Crippen molar-refractivity contribution in [3.8, 4) is 11.4 Å². The van der Waals surface area contributed by atoms with Gasteiger partial charge in [-0.3, -0.25) is 5.10 Å². The number of nitrogens with zero attached hydrogens (tertiary/aromatic N) is 2. The maximum Gasteiger partial charge on any atom is 0.181 e. The molecule has 3 aromatic rings. The fraction of sp³-hybridized carbons (Fsp3) is 0.176. The molecule has 124 valence electrons. The Balaban J connectivity index is 1.80.